The van der Waals surface area contributed by atoms with Gasteiger partial charge in [-0.15, -0.1) is 0 Å². The van der Waals surface area contributed by atoms with Gasteiger partial charge in [0, 0.05) is 9.61 Å². The molecule has 0 heterocycles. The highest BCUT2D eigenvalue weighted by molar-refractivity contribution is 14.1. The first-order valence-corrected chi connectivity index (χ1v) is 8.35. The molecule has 1 N–H and O–H groups in total. The van der Waals surface area contributed by atoms with Crippen LogP contribution in [0.5, 0.6) is 0 Å². The summed E-state index contributed by atoms with van der Waals surface area (Å²) in [5.41, 5.74) is 1.49. The van der Waals surface area contributed by atoms with Crippen LogP contribution in [0.25, 0.3) is 0 Å². The minimum absolute atomic E-state index is 0.786. The monoisotopic (exact) mass is 357 g/mol. The van der Waals surface area contributed by atoms with Gasteiger partial charge in [0.25, 0.3) is 0 Å². The molecule has 0 saturated heterocycles. The maximum atomic E-state index is 3.73. The van der Waals surface area contributed by atoms with Crippen molar-refractivity contribution in [3.8, 4) is 0 Å². The van der Waals surface area contributed by atoms with Gasteiger partial charge in [0.1, 0.15) is 0 Å². The highest BCUT2D eigenvalue weighted by Gasteiger charge is 2.29. The number of hydrogen-bond acceptors (Lipinski definition) is 1. The molecule has 0 bridgehead atoms. The first kappa shape index (κ1) is 14.3. The van der Waals surface area contributed by atoms with E-state index in [1.807, 2.05) is 0 Å². The maximum absolute atomic E-state index is 3.73. The minimum Gasteiger partial charge on any atom is -0.314 e. The van der Waals surface area contributed by atoms with Crippen molar-refractivity contribution < 1.29 is 0 Å². The molecule has 1 atom stereocenters. The summed E-state index contributed by atoms with van der Waals surface area (Å²) in [6, 6.07) is 9.75. The summed E-state index contributed by atoms with van der Waals surface area (Å²) in [4.78, 5) is 0. The summed E-state index contributed by atoms with van der Waals surface area (Å²) < 4.78 is 1.33. The molecule has 0 aromatic heterocycles. The summed E-state index contributed by atoms with van der Waals surface area (Å²) in [6.07, 6.45) is 8.04. The van der Waals surface area contributed by atoms with Gasteiger partial charge in [-0.3, -0.25) is 0 Å². The molecule has 1 nitrogen and oxygen atoms in total. The molecule has 0 spiro atoms. The Bertz CT molecular complexity index is 343. The van der Waals surface area contributed by atoms with Gasteiger partial charge in [0.2, 0.25) is 0 Å². The fraction of sp³-hybridized carbons (Fsp3) is 0.625. The van der Waals surface area contributed by atoms with Crippen molar-refractivity contribution in [2.45, 2.75) is 51.5 Å². The summed E-state index contributed by atoms with van der Waals surface area (Å²) in [5, 5.41) is 3.73. The Morgan fingerprint density at radius 1 is 1.28 bits per heavy atom. The van der Waals surface area contributed by atoms with Gasteiger partial charge in [-0.05, 0) is 91.3 Å². The highest BCUT2D eigenvalue weighted by Crippen LogP contribution is 2.34. The van der Waals surface area contributed by atoms with Crippen LogP contribution in [-0.4, -0.2) is 12.6 Å². The van der Waals surface area contributed by atoms with Gasteiger partial charge in [0.15, 0.2) is 0 Å². The zero-order chi connectivity index (χ0) is 12.8. The van der Waals surface area contributed by atoms with Crippen LogP contribution >= 0.6 is 22.6 Å². The topological polar surface area (TPSA) is 12.0 Å². The normalized spacial score (nSPS) is 16.8. The van der Waals surface area contributed by atoms with Crippen LogP contribution in [0.15, 0.2) is 24.3 Å². The van der Waals surface area contributed by atoms with Crippen molar-refractivity contribution in [1.29, 1.82) is 0 Å². The Kier molecular flexibility index (Phi) is 5.96. The fourth-order valence-corrected chi connectivity index (χ4v) is 2.87. The van der Waals surface area contributed by atoms with E-state index in [-0.39, 0.29) is 0 Å². The van der Waals surface area contributed by atoms with Crippen LogP contribution in [0.1, 0.15) is 44.6 Å². The third-order valence-corrected chi connectivity index (χ3v) is 4.46. The van der Waals surface area contributed by atoms with Crippen LogP contribution in [0.3, 0.4) is 0 Å². The molecule has 1 saturated carbocycles. The van der Waals surface area contributed by atoms with E-state index >= 15 is 0 Å². The summed E-state index contributed by atoms with van der Waals surface area (Å²) in [7, 11) is 0. The zero-order valence-electron chi connectivity index (χ0n) is 11.3. The average molecular weight is 357 g/mol. The molecular formula is C16H24IN. The van der Waals surface area contributed by atoms with Crippen LogP contribution in [0.2, 0.25) is 0 Å². The van der Waals surface area contributed by atoms with Gasteiger partial charge in [-0.1, -0.05) is 19.1 Å². The Labute approximate surface area is 125 Å². The molecule has 1 unspecified atom stereocenters. The molecule has 2 heteroatoms. The number of halogens is 1. The second kappa shape index (κ2) is 7.49. The van der Waals surface area contributed by atoms with E-state index in [4.69, 9.17) is 0 Å². The van der Waals surface area contributed by atoms with E-state index in [1.165, 1.54) is 54.2 Å². The minimum atomic E-state index is 0.786. The summed E-state index contributed by atoms with van der Waals surface area (Å²) in [6.45, 7) is 3.44. The maximum Gasteiger partial charge on any atom is 0.0130 e. The fourth-order valence-electron chi connectivity index (χ4n) is 2.51. The van der Waals surface area contributed by atoms with Crippen LogP contribution in [0.4, 0.5) is 0 Å². The van der Waals surface area contributed by atoms with E-state index in [0.29, 0.717) is 0 Å². The van der Waals surface area contributed by atoms with Gasteiger partial charge in [0.05, 0.1) is 0 Å². The Morgan fingerprint density at radius 3 is 2.61 bits per heavy atom. The van der Waals surface area contributed by atoms with E-state index < -0.39 is 0 Å². The zero-order valence-corrected chi connectivity index (χ0v) is 13.4. The van der Waals surface area contributed by atoms with Crippen LogP contribution < -0.4 is 5.32 Å². The molecule has 2 rings (SSSR count). The smallest absolute Gasteiger partial charge is 0.0130 e. The SMILES string of the molecule is CCCNC(CCCc1ccc(I)cc1)C1CC1. The van der Waals surface area contributed by atoms with Crippen molar-refractivity contribution in [3.63, 3.8) is 0 Å². The Balaban J connectivity index is 1.70. The predicted octanol–water partition coefficient (Wildman–Crippen LogP) is 4.39. The van der Waals surface area contributed by atoms with Gasteiger partial charge >= 0.3 is 0 Å². The van der Waals surface area contributed by atoms with Gasteiger partial charge in [-0.2, -0.15) is 0 Å². The first-order chi connectivity index (χ1) is 8.79. The Morgan fingerprint density at radius 2 is 2.00 bits per heavy atom. The lowest BCUT2D eigenvalue weighted by atomic mass is 10.0. The predicted molar refractivity (Wildman–Crippen MR) is 86.9 cm³/mol. The molecule has 0 radical (unpaired) electrons. The second-order valence-electron chi connectivity index (χ2n) is 5.42. The molecule has 1 aliphatic rings. The van der Waals surface area contributed by atoms with Gasteiger partial charge < -0.3 is 5.32 Å². The number of benzene rings is 1. The lowest BCUT2D eigenvalue weighted by molar-refractivity contribution is 0.425. The molecule has 1 fully saturated rings. The molecule has 1 aromatic rings. The summed E-state index contributed by atoms with van der Waals surface area (Å²) >= 11 is 2.37. The number of aryl methyl sites for hydroxylation is 1. The van der Waals surface area contributed by atoms with E-state index in [1.54, 1.807) is 0 Å². The molecule has 1 aromatic carbocycles. The van der Waals surface area contributed by atoms with E-state index in [2.05, 4.69) is 59.1 Å². The van der Waals surface area contributed by atoms with Crippen molar-refractivity contribution in [1.82, 2.24) is 5.32 Å². The lowest BCUT2D eigenvalue weighted by Crippen LogP contribution is -2.31. The third-order valence-electron chi connectivity index (χ3n) is 3.74. The third kappa shape index (κ3) is 4.88. The van der Waals surface area contributed by atoms with Crippen LogP contribution in [-0.2, 0) is 6.42 Å². The molecule has 100 valence electrons. The van der Waals surface area contributed by atoms with Crippen molar-refractivity contribution in [3.05, 3.63) is 33.4 Å². The number of hydrogen-bond donors (Lipinski definition) is 1. The van der Waals surface area contributed by atoms with Gasteiger partial charge in [-0.25, -0.2) is 0 Å². The van der Waals surface area contributed by atoms with Crippen molar-refractivity contribution in [2.75, 3.05) is 6.54 Å². The van der Waals surface area contributed by atoms with E-state index in [0.717, 1.165) is 12.0 Å². The quantitative estimate of drug-likeness (QED) is 0.681. The molecule has 1 aliphatic carbocycles. The van der Waals surface area contributed by atoms with Crippen LogP contribution in [0, 0.1) is 9.49 Å². The van der Waals surface area contributed by atoms with Crippen molar-refractivity contribution in [2.24, 2.45) is 5.92 Å². The largest absolute Gasteiger partial charge is 0.314 e. The first-order valence-electron chi connectivity index (χ1n) is 7.27. The van der Waals surface area contributed by atoms with Crippen molar-refractivity contribution >= 4 is 22.6 Å². The lowest BCUT2D eigenvalue weighted by Gasteiger charge is -2.17. The summed E-state index contributed by atoms with van der Waals surface area (Å²) in [5.74, 6) is 0.980. The average Bonchev–Trinajstić information content (AvgIpc) is 3.20. The second-order valence-corrected chi connectivity index (χ2v) is 6.66. The van der Waals surface area contributed by atoms with E-state index in [9.17, 15) is 0 Å². The highest BCUT2D eigenvalue weighted by atomic mass is 127. The number of nitrogens with one attached hydrogen (secondary N) is 1. The molecule has 0 aliphatic heterocycles. The standard InChI is InChI=1S/C16H24IN/c1-2-12-18-16(14-8-9-14)5-3-4-13-6-10-15(17)11-7-13/h6-7,10-11,14,16,18H,2-5,8-9,12H2,1H3. The molecule has 18 heavy (non-hydrogen) atoms. The molecular weight excluding hydrogens is 333 g/mol. The number of rotatable bonds is 8. The molecule has 0 amide bonds. The Hall–Kier alpha value is -0.0900.